The van der Waals surface area contributed by atoms with E-state index >= 15 is 0 Å². The van der Waals surface area contributed by atoms with Crippen LogP contribution in [-0.2, 0) is 5.41 Å². The molecule has 0 spiro atoms. The van der Waals surface area contributed by atoms with Crippen molar-refractivity contribution < 1.29 is 46.7 Å². The number of carbonyl (C=O) groups is 2. The maximum atomic E-state index is 14.2. The summed E-state index contributed by atoms with van der Waals surface area (Å²) in [5, 5.41) is 30.6. The second-order valence-electron chi connectivity index (χ2n) is 6.16. The molecule has 0 saturated carbocycles. The molecule has 0 aromatic heterocycles. The summed E-state index contributed by atoms with van der Waals surface area (Å²) in [6.07, 6.45) is 0. The van der Waals surface area contributed by atoms with Crippen molar-refractivity contribution in [2.75, 3.05) is 0 Å². The molecule has 0 unspecified atom stereocenters. The quantitative estimate of drug-likeness (QED) is 0.148. The Bertz CT molecular complexity index is 981. The van der Waals surface area contributed by atoms with Gasteiger partial charge in [-0.05, 0) is 35.4 Å². The molecule has 33 heavy (non-hydrogen) atoms. The third kappa shape index (κ3) is 4.55. The zero-order valence-electron chi connectivity index (χ0n) is 15.9. The van der Waals surface area contributed by atoms with Gasteiger partial charge in [-0.25, -0.2) is 9.59 Å². The predicted octanol–water partition coefficient (Wildman–Crippen LogP) is 3.67. The molecule has 0 saturated heterocycles. The molecule has 2 aromatic carbocycles. The molecular formula is C17H12F6N6O4. The van der Waals surface area contributed by atoms with E-state index in [9.17, 15) is 36.5 Å². The van der Waals surface area contributed by atoms with Gasteiger partial charge in [-0.15, -0.1) is 0 Å². The molecule has 0 aliphatic heterocycles. The lowest BCUT2D eigenvalue weighted by molar-refractivity contribution is -0.339. The van der Waals surface area contributed by atoms with E-state index in [1.54, 1.807) is 0 Å². The number of hydrazine groups is 2. The van der Waals surface area contributed by atoms with Crippen LogP contribution >= 0.6 is 0 Å². The van der Waals surface area contributed by atoms with Crippen LogP contribution in [0.3, 0.4) is 0 Å². The summed E-state index contributed by atoms with van der Waals surface area (Å²) in [6, 6.07) is 6.32. The standard InChI is InChI=1S/C17H12F6N6O4/c18-26(28(20)21)15(24)17(16(25)27(19)29(22)23,11-5-1-9(2-6-11)13(30)31)12-7-3-10(4-8-12)14(32)33/h1-8,24-25H,(H,30,31)(H,32,33). The third-order valence-electron chi connectivity index (χ3n) is 4.47. The first-order valence-corrected chi connectivity index (χ1v) is 8.36. The predicted molar refractivity (Wildman–Crippen MR) is 97.0 cm³/mol. The summed E-state index contributed by atoms with van der Waals surface area (Å²) >= 11 is 0. The molecule has 0 radical (unpaired) electrons. The molecule has 10 nitrogen and oxygen atoms in total. The van der Waals surface area contributed by atoms with E-state index in [4.69, 9.17) is 21.0 Å². The Morgan fingerprint density at radius 2 is 0.909 bits per heavy atom. The highest BCUT2D eigenvalue weighted by Gasteiger charge is 2.52. The lowest BCUT2D eigenvalue weighted by atomic mass is 9.71. The Morgan fingerprint density at radius 3 is 1.12 bits per heavy atom. The molecule has 0 amide bonds. The second kappa shape index (κ2) is 9.53. The third-order valence-corrected chi connectivity index (χ3v) is 4.47. The number of carboxylic acid groups (broad SMARTS) is 2. The minimum absolute atomic E-state index is 0.406. The Morgan fingerprint density at radius 1 is 0.636 bits per heavy atom. The lowest BCUT2D eigenvalue weighted by Gasteiger charge is -2.37. The van der Waals surface area contributed by atoms with Gasteiger partial charge in [-0.1, -0.05) is 61.6 Å². The summed E-state index contributed by atoms with van der Waals surface area (Å²) in [6.45, 7) is 0. The zero-order valence-corrected chi connectivity index (χ0v) is 15.9. The van der Waals surface area contributed by atoms with E-state index in [0.717, 1.165) is 48.5 Å². The lowest BCUT2D eigenvalue weighted by Crippen LogP contribution is -2.56. The van der Waals surface area contributed by atoms with Crippen molar-refractivity contribution in [1.29, 1.82) is 10.8 Å². The minimum Gasteiger partial charge on any atom is -0.478 e. The van der Waals surface area contributed by atoms with Gasteiger partial charge in [-0.2, -0.15) is 0 Å². The Labute approximate surface area is 179 Å². The Hall–Kier alpha value is -4.18. The fourth-order valence-corrected chi connectivity index (χ4v) is 2.98. The average molecular weight is 478 g/mol. The van der Waals surface area contributed by atoms with Crippen molar-refractivity contribution >= 4 is 23.6 Å². The van der Waals surface area contributed by atoms with Crippen molar-refractivity contribution in [3.8, 4) is 0 Å². The van der Waals surface area contributed by atoms with Crippen LogP contribution in [0.25, 0.3) is 0 Å². The fraction of sp³-hybridized carbons (Fsp3) is 0.0588. The molecule has 0 aliphatic rings. The van der Waals surface area contributed by atoms with Crippen LogP contribution in [0.1, 0.15) is 31.8 Å². The number of carboxylic acids is 2. The maximum Gasteiger partial charge on any atom is 0.335 e. The van der Waals surface area contributed by atoms with Gasteiger partial charge < -0.3 is 10.2 Å². The number of aromatic carboxylic acids is 2. The van der Waals surface area contributed by atoms with Crippen LogP contribution in [0.15, 0.2) is 48.5 Å². The van der Waals surface area contributed by atoms with Crippen LogP contribution in [0, 0.1) is 10.8 Å². The minimum atomic E-state index is -3.19. The van der Waals surface area contributed by atoms with E-state index in [-0.39, 0.29) is 0 Å². The zero-order chi connectivity index (χ0) is 25.1. The van der Waals surface area contributed by atoms with Crippen LogP contribution in [0.2, 0.25) is 0 Å². The van der Waals surface area contributed by atoms with E-state index in [1.165, 1.54) is 0 Å². The summed E-state index contributed by atoms with van der Waals surface area (Å²) in [4.78, 5) is 22.2. The molecule has 0 heterocycles. The summed E-state index contributed by atoms with van der Waals surface area (Å²) in [5.41, 5.74) is -9.88. The highest BCUT2D eigenvalue weighted by molar-refractivity contribution is 6.15. The monoisotopic (exact) mass is 478 g/mol. The molecule has 0 bridgehead atoms. The molecule has 176 valence electrons. The topological polar surface area (TPSA) is 135 Å². The number of benzene rings is 2. The second-order valence-corrected chi connectivity index (χ2v) is 6.16. The summed E-state index contributed by atoms with van der Waals surface area (Å²) in [7, 11) is 0. The maximum absolute atomic E-state index is 14.2. The van der Waals surface area contributed by atoms with Gasteiger partial charge in [0.1, 0.15) is 5.41 Å². The number of nitrogens with one attached hydrogen (secondary N) is 2. The van der Waals surface area contributed by atoms with Crippen LogP contribution < -0.4 is 0 Å². The first kappa shape index (κ1) is 25.1. The van der Waals surface area contributed by atoms with Gasteiger partial charge in [-0.3, -0.25) is 10.8 Å². The highest BCUT2D eigenvalue weighted by atomic mass is 19.4. The van der Waals surface area contributed by atoms with Crippen LogP contribution in [-0.4, -0.2) is 55.2 Å². The fourth-order valence-electron chi connectivity index (χ4n) is 2.98. The summed E-state index contributed by atoms with van der Waals surface area (Å²) in [5.74, 6) is -6.87. The molecule has 0 atom stereocenters. The molecule has 4 N–H and O–H groups in total. The first-order valence-electron chi connectivity index (χ1n) is 8.36. The smallest absolute Gasteiger partial charge is 0.335 e. The normalized spacial score (nSPS) is 11.4. The number of amidine groups is 2. The van der Waals surface area contributed by atoms with E-state index in [0.29, 0.717) is 0 Å². The number of hydrogen-bond donors (Lipinski definition) is 4. The van der Waals surface area contributed by atoms with Crippen molar-refractivity contribution in [3.63, 3.8) is 0 Å². The Balaban J connectivity index is 2.94. The van der Waals surface area contributed by atoms with Crippen molar-refractivity contribution in [2.24, 2.45) is 0 Å². The van der Waals surface area contributed by atoms with Gasteiger partial charge in [0.05, 0.1) is 11.1 Å². The van der Waals surface area contributed by atoms with Gasteiger partial charge in [0.2, 0.25) is 0 Å². The van der Waals surface area contributed by atoms with E-state index < -0.39 is 72.6 Å². The van der Waals surface area contributed by atoms with Crippen molar-refractivity contribution in [1.82, 2.24) is 21.4 Å². The van der Waals surface area contributed by atoms with Gasteiger partial charge in [0.25, 0.3) is 0 Å². The number of halogens is 6. The molecular weight excluding hydrogens is 466 g/mol. The van der Waals surface area contributed by atoms with Gasteiger partial charge in [0, 0.05) is 0 Å². The molecule has 0 fully saturated rings. The van der Waals surface area contributed by atoms with E-state index in [1.807, 2.05) is 0 Å². The van der Waals surface area contributed by atoms with E-state index in [2.05, 4.69) is 0 Å². The highest BCUT2D eigenvalue weighted by Crippen LogP contribution is 2.39. The Kier molecular flexibility index (Phi) is 7.25. The average Bonchev–Trinajstić information content (AvgIpc) is 2.78. The number of nitrogens with zero attached hydrogens (tertiary/aromatic N) is 4. The molecule has 0 aliphatic carbocycles. The summed E-state index contributed by atoms with van der Waals surface area (Å²) < 4.78 is 80.2. The number of hydrogen-bond acceptors (Lipinski definition) is 6. The largest absolute Gasteiger partial charge is 0.478 e. The SMILES string of the molecule is N=C(N(F)N(F)F)C(C(=N)N(F)N(F)F)(c1ccc(C(=O)O)cc1)c1ccc(C(=O)O)cc1. The van der Waals surface area contributed by atoms with Crippen LogP contribution in [0.5, 0.6) is 0 Å². The molecule has 2 aromatic rings. The number of rotatable bonds is 8. The first-order chi connectivity index (χ1) is 15.3. The molecule has 2 rings (SSSR count). The van der Waals surface area contributed by atoms with Gasteiger partial charge in [0.15, 0.2) is 22.6 Å². The molecule has 16 heteroatoms. The van der Waals surface area contributed by atoms with Crippen LogP contribution in [0.4, 0.5) is 26.9 Å². The van der Waals surface area contributed by atoms with Crippen molar-refractivity contribution in [3.05, 3.63) is 70.8 Å². The van der Waals surface area contributed by atoms with Gasteiger partial charge >= 0.3 is 11.9 Å². The van der Waals surface area contributed by atoms with Crippen molar-refractivity contribution in [2.45, 2.75) is 5.41 Å².